The minimum Gasteiger partial charge on any atom is -0.0867 e. The summed E-state index contributed by atoms with van der Waals surface area (Å²) in [5.41, 5.74) is 0. The van der Waals surface area contributed by atoms with Crippen LogP contribution in [0.2, 0.25) is 0 Å². The largest absolute Gasteiger partial charge is 0.0867 e. The summed E-state index contributed by atoms with van der Waals surface area (Å²) in [6, 6.07) is 0. The van der Waals surface area contributed by atoms with E-state index in [4.69, 9.17) is 0 Å². The van der Waals surface area contributed by atoms with Crippen LogP contribution in [0, 0.1) is 0 Å². The van der Waals surface area contributed by atoms with Gasteiger partial charge in [-0.25, -0.2) is 0 Å². The zero-order valence-corrected chi connectivity index (χ0v) is 7.92. The summed E-state index contributed by atoms with van der Waals surface area (Å²) in [5.74, 6) is 0. The van der Waals surface area contributed by atoms with E-state index in [1.807, 2.05) is 0 Å². The van der Waals surface area contributed by atoms with Crippen molar-refractivity contribution < 1.29 is 19.5 Å². The molecule has 2 heteroatoms. The van der Waals surface area contributed by atoms with E-state index in [1.54, 1.807) is 0 Å². The standard InChI is InChI=1S/C2H5I.Zn/c1-2-3;/h2H2,1H3;. The van der Waals surface area contributed by atoms with Crippen LogP contribution in [-0.4, -0.2) is 4.43 Å². The van der Waals surface area contributed by atoms with Crippen LogP contribution in [0.1, 0.15) is 6.92 Å². The Hall–Kier alpha value is 1.35. The third-order valence-electron chi connectivity index (χ3n) is 0. The molecule has 0 aromatic carbocycles. The Bertz CT molecular complexity index is 6.00. The Labute approximate surface area is 53.2 Å². The first-order valence-corrected chi connectivity index (χ1v) is 2.50. The van der Waals surface area contributed by atoms with Gasteiger partial charge in [-0.05, 0) is 4.43 Å². The zero-order valence-electron chi connectivity index (χ0n) is 2.79. The first-order valence-electron chi connectivity index (χ1n) is 0.974. The number of halogens is 1. The van der Waals surface area contributed by atoms with Gasteiger partial charge in [0.15, 0.2) is 0 Å². The van der Waals surface area contributed by atoms with Crippen LogP contribution in [0.3, 0.4) is 0 Å². The second-order valence-corrected chi connectivity index (χ2v) is 1.79. The Morgan fingerprint density at radius 1 is 1.75 bits per heavy atom. The quantitative estimate of drug-likeness (QED) is 0.330. The number of hydrogen-bond acceptors (Lipinski definition) is 0. The second kappa shape index (κ2) is 8.84. The van der Waals surface area contributed by atoms with Crippen LogP contribution in [0.4, 0.5) is 0 Å². The summed E-state index contributed by atoms with van der Waals surface area (Å²) in [6.07, 6.45) is 0. The van der Waals surface area contributed by atoms with E-state index in [0.29, 0.717) is 0 Å². The molecule has 0 aromatic rings. The fourth-order valence-electron chi connectivity index (χ4n) is 0. The summed E-state index contributed by atoms with van der Waals surface area (Å²) in [5, 5.41) is 0. The summed E-state index contributed by atoms with van der Waals surface area (Å²) in [4.78, 5) is 0. The minimum absolute atomic E-state index is 0. The predicted molar refractivity (Wildman–Crippen MR) is 24.6 cm³/mol. The smallest absolute Gasteiger partial charge is 0 e. The SMILES string of the molecule is CCI.[Zn]. The predicted octanol–water partition coefficient (Wildman–Crippen LogP) is 1.44. The third-order valence-corrected chi connectivity index (χ3v) is 0. The second-order valence-electron chi connectivity index (χ2n) is 0.267. The van der Waals surface area contributed by atoms with Crippen molar-refractivity contribution in [1.29, 1.82) is 0 Å². The van der Waals surface area contributed by atoms with Gasteiger partial charge in [0.05, 0.1) is 0 Å². The van der Waals surface area contributed by atoms with Crippen LogP contribution in [0.25, 0.3) is 0 Å². The monoisotopic (exact) mass is 220 g/mol. The van der Waals surface area contributed by atoms with Gasteiger partial charge in [0.2, 0.25) is 0 Å². The van der Waals surface area contributed by atoms with Gasteiger partial charge in [0.25, 0.3) is 0 Å². The van der Waals surface area contributed by atoms with Crippen molar-refractivity contribution >= 4 is 22.6 Å². The van der Waals surface area contributed by atoms with E-state index in [9.17, 15) is 0 Å². The molecule has 0 aliphatic carbocycles. The van der Waals surface area contributed by atoms with Crippen LogP contribution in [0.5, 0.6) is 0 Å². The topological polar surface area (TPSA) is 0 Å². The molecule has 0 atom stereocenters. The summed E-state index contributed by atoms with van der Waals surface area (Å²) < 4.78 is 1.22. The third kappa shape index (κ3) is 10.1. The van der Waals surface area contributed by atoms with Gasteiger partial charge in [0, 0.05) is 19.5 Å². The molecular formula is C2H5IZn. The van der Waals surface area contributed by atoms with E-state index in [-0.39, 0.29) is 19.5 Å². The Morgan fingerprint density at radius 3 is 1.75 bits per heavy atom. The molecule has 0 rings (SSSR count). The van der Waals surface area contributed by atoms with Crippen LogP contribution in [-0.2, 0) is 19.5 Å². The molecule has 0 radical (unpaired) electrons. The van der Waals surface area contributed by atoms with E-state index in [0.717, 1.165) is 0 Å². The molecule has 22 valence electrons. The Balaban J connectivity index is 0. The summed E-state index contributed by atoms with van der Waals surface area (Å²) in [6.45, 7) is 2.11. The van der Waals surface area contributed by atoms with Crippen LogP contribution in [0.15, 0.2) is 0 Å². The normalized spacial score (nSPS) is 4.50. The molecule has 0 saturated carbocycles. The Morgan fingerprint density at radius 2 is 1.75 bits per heavy atom. The maximum Gasteiger partial charge on any atom is 0 e. The van der Waals surface area contributed by atoms with Gasteiger partial charge >= 0.3 is 0 Å². The van der Waals surface area contributed by atoms with Crippen LogP contribution < -0.4 is 0 Å². The van der Waals surface area contributed by atoms with Gasteiger partial charge in [-0.15, -0.1) is 0 Å². The average Bonchev–Trinajstić information content (AvgIpc) is 0.918. The van der Waals surface area contributed by atoms with E-state index >= 15 is 0 Å². The fraction of sp³-hybridized carbons (Fsp3) is 1.00. The van der Waals surface area contributed by atoms with Gasteiger partial charge in [-0.2, -0.15) is 0 Å². The van der Waals surface area contributed by atoms with E-state index in [1.165, 1.54) is 4.43 Å². The molecule has 0 unspecified atom stereocenters. The molecule has 0 bridgehead atoms. The maximum atomic E-state index is 2.29. The molecule has 0 aliphatic heterocycles. The van der Waals surface area contributed by atoms with Gasteiger partial charge in [-0.1, -0.05) is 29.5 Å². The summed E-state index contributed by atoms with van der Waals surface area (Å²) >= 11 is 2.29. The maximum absolute atomic E-state index is 2.29. The van der Waals surface area contributed by atoms with Crippen LogP contribution >= 0.6 is 22.6 Å². The molecule has 4 heavy (non-hydrogen) atoms. The van der Waals surface area contributed by atoms with Crippen molar-refractivity contribution in [2.24, 2.45) is 0 Å². The van der Waals surface area contributed by atoms with Gasteiger partial charge in [-0.3, -0.25) is 0 Å². The Kier molecular flexibility index (Phi) is 19.9. The molecule has 0 saturated heterocycles. The van der Waals surface area contributed by atoms with Crippen molar-refractivity contribution in [3.8, 4) is 0 Å². The molecule has 0 heterocycles. The molecule has 0 fully saturated rings. The molecule has 0 N–H and O–H groups in total. The van der Waals surface area contributed by atoms with E-state index < -0.39 is 0 Å². The first kappa shape index (κ1) is 9.02. The molecular weight excluding hydrogens is 216 g/mol. The minimum atomic E-state index is 0. The van der Waals surface area contributed by atoms with Crippen molar-refractivity contribution in [3.63, 3.8) is 0 Å². The van der Waals surface area contributed by atoms with E-state index in [2.05, 4.69) is 29.5 Å². The molecule has 0 aliphatic rings. The number of alkyl halides is 1. The zero-order chi connectivity index (χ0) is 2.71. The van der Waals surface area contributed by atoms with Crippen molar-refractivity contribution in [2.45, 2.75) is 6.92 Å². The molecule has 0 spiro atoms. The molecule has 0 aromatic heterocycles. The number of hydrogen-bond donors (Lipinski definition) is 0. The summed E-state index contributed by atoms with van der Waals surface area (Å²) in [7, 11) is 0. The van der Waals surface area contributed by atoms with Crippen molar-refractivity contribution in [3.05, 3.63) is 0 Å². The van der Waals surface area contributed by atoms with Crippen molar-refractivity contribution in [2.75, 3.05) is 4.43 Å². The van der Waals surface area contributed by atoms with Gasteiger partial charge in [0.1, 0.15) is 0 Å². The fourth-order valence-corrected chi connectivity index (χ4v) is 0. The first-order chi connectivity index (χ1) is 1.41. The molecule has 0 nitrogen and oxygen atoms in total. The molecule has 0 amide bonds. The van der Waals surface area contributed by atoms with Gasteiger partial charge < -0.3 is 0 Å². The average molecular weight is 221 g/mol. The van der Waals surface area contributed by atoms with Crippen molar-refractivity contribution in [1.82, 2.24) is 0 Å². The number of rotatable bonds is 0.